The van der Waals surface area contributed by atoms with Crippen LogP contribution in [0.15, 0.2) is 16.6 Å². The van der Waals surface area contributed by atoms with E-state index < -0.39 is 5.97 Å². The summed E-state index contributed by atoms with van der Waals surface area (Å²) in [5, 5.41) is 0. The lowest BCUT2D eigenvalue weighted by atomic mass is 10.2. The van der Waals surface area contributed by atoms with E-state index in [0.29, 0.717) is 28.1 Å². The van der Waals surface area contributed by atoms with Crippen molar-refractivity contribution >= 4 is 27.6 Å². The van der Waals surface area contributed by atoms with Gasteiger partial charge in [0, 0.05) is 5.69 Å². The van der Waals surface area contributed by atoms with Crippen molar-refractivity contribution < 1.29 is 14.3 Å². The molecule has 0 aliphatic heterocycles. The molecule has 0 bridgehead atoms. The number of ether oxygens (including phenoxy) is 2. The van der Waals surface area contributed by atoms with Crippen LogP contribution in [0.2, 0.25) is 0 Å². The van der Waals surface area contributed by atoms with E-state index >= 15 is 0 Å². The van der Waals surface area contributed by atoms with Crippen molar-refractivity contribution in [3.63, 3.8) is 0 Å². The van der Waals surface area contributed by atoms with Gasteiger partial charge in [0.05, 0.1) is 18.2 Å². The summed E-state index contributed by atoms with van der Waals surface area (Å²) in [6.45, 7) is 2.07. The van der Waals surface area contributed by atoms with Crippen molar-refractivity contribution in [1.82, 2.24) is 0 Å². The number of halogens is 1. The van der Waals surface area contributed by atoms with E-state index in [-0.39, 0.29) is 0 Å². The van der Waals surface area contributed by atoms with Crippen LogP contribution in [0.3, 0.4) is 0 Å². The van der Waals surface area contributed by atoms with E-state index in [4.69, 9.17) is 15.2 Å². The van der Waals surface area contributed by atoms with Gasteiger partial charge < -0.3 is 15.2 Å². The Morgan fingerprint density at radius 3 is 2.73 bits per heavy atom. The van der Waals surface area contributed by atoms with Crippen LogP contribution in [0, 0.1) is 0 Å². The maximum atomic E-state index is 11.5. The van der Waals surface area contributed by atoms with Gasteiger partial charge in [-0.25, -0.2) is 4.79 Å². The van der Waals surface area contributed by atoms with Crippen molar-refractivity contribution in [1.29, 1.82) is 0 Å². The van der Waals surface area contributed by atoms with Crippen LogP contribution < -0.4 is 10.5 Å². The van der Waals surface area contributed by atoms with E-state index in [1.165, 1.54) is 7.11 Å². The summed E-state index contributed by atoms with van der Waals surface area (Å²) in [5.74, 6) is -0.0245. The Morgan fingerprint density at radius 2 is 2.20 bits per heavy atom. The number of hydrogen-bond donors (Lipinski definition) is 1. The molecule has 2 N–H and O–H groups in total. The van der Waals surface area contributed by atoms with Crippen molar-refractivity contribution in [2.45, 2.75) is 6.92 Å². The maximum Gasteiger partial charge on any atom is 0.341 e. The minimum atomic E-state index is -0.421. The standard InChI is InChI=1S/C10H12BrNO3/c1-3-15-10(13)6-4-5-7(12)8(11)9(6)14-2/h4-5H,3,12H2,1-2H3. The molecule has 0 atom stereocenters. The number of esters is 1. The summed E-state index contributed by atoms with van der Waals surface area (Å²) in [4.78, 5) is 11.5. The van der Waals surface area contributed by atoms with Crippen LogP contribution in [0.25, 0.3) is 0 Å². The summed E-state index contributed by atoms with van der Waals surface area (Å²) in [6.07, 6.45) is 0. The van der Waals surface area contributed by atoms with Crippen LogP contribution in [0.4, 0.5) is 5.69 Å². The molecule has 0 spiro atoms. The van der Waals surface area contributed by atoms with Crippen molar-refractivity contribution in [3.05, 3.63) is 22.2 Å². The molecule has 1 aromatic carbocycles. The fraction of sp³-hybridized carbons (Fsp3) is 0.300. The molecule has 1 aromatic rings. The molecule has 82 valence electrons. The topological polar surface area (TPSA) is 61.5 Å². The van der Waals surface area contributed by atoms with Crippen molar-refractivity contribution in [3.8, 4) is 5.75 Å². The second-order valence-electron chi connectivity index (χ2n) is 2.77. The maximum absolute atomic E-state index is 11.5. The van der Waals surface area contributed by atoms with Gasteiger partial charge in [-0.05, 0) is 35.0 Å². The number of nitrogens with two attached hydrogens (primary N) is 1. The van der Waals surface area contributed by atoms with E-state index in [1.807, 2.05) is 0 Å². The third-order valence-corrected chi connectivity index (χ3v) is 2.64. The van der Waals surface area contributed by atoms with E-state index in [9.17, 15) is 4.79 Å². The molecule has 0 unspecified atom stereocenters. The first-order valence-corrected chi connectivity index (χ1v) is 5.20. The summed E-state index contributed by atoms with van der Waals surface area (Å²) >= 11 is 3.25. The molecule has 0 saturated carbocycles. The van der Waals surface area contributed by atoms with Gasteiger partial charge >= 0.3 is 5.97 Å². The summed E-state index contributed by atoms with van der Waals surface area (Å²) < 4.78 is 10.5. The third-order valence-electron chi connectivity index (χ3n) is 1.83. The number of anilines is 1. The Morgan fingerprint density at radius 1 is 1.53 bits per heavy atom. The lowest BCUT2D eigenvalue weighted by Gasteiger charge is -2.10. The van der Waals surface area contributed by atoms with Crippen molar-refractivity contribution in [2.24, 2.45) is 0 Å². The third kappa shape index (κ3) is 2.41. The molecule has 0 amide bonds. The number of rotatable bonds is 3. The monoisotopic (exact) mass is 273 g/mol. The summed E-state index contributed by atoms with van der Waals surface area (Å²) in [6, 6.07) is 3.20. The highest BCUT2D eigenvalue weighted by Gasteiger charge is 2.17. The molecule has 0 saturated heterocycles. The predicted octanol–water partition coefficient (Wildman–Crippen LogP) is 2.22. The van der Waals surface area contributed by atoms with Crippen LogP contribution in [0.1, 0.15) is 17.3 Å². The first-order chi connectivity index (χ1) is 7.11. The number of benzene rings is 1. The van der Waals surface area contributed by atoms with Crippen LogP contribution in [0.5, 0.6) is 5.75 Å². The molecule has 0 radical (unpaired) electrons. The Bertz CT molecular complexity index is 379. The van der Waals surface area contributed by atoms with Gasteiger partial charge in [0.25, 0.3) is 0 Å². The minimum absolute atomic E-state index is 0.323. The molecular weight excluding hydrogens is 262 g/mol. The van der Waals surface area contributed by atoms with Gasteiger partial charge in [-0.15, -0.1) is 0 Å². The molecule has 0 aliphatic rings. The zero-order chi connectivity index (χ0) is 11.4. The van der Waals surface area contributed by atoms with E-state index in [1.54, 1.807) is 19.1 Å². The molecule has 5 heteroatoms. The number of carbonyl (C=O) groups excluding carboxylic acids is 1. The molecule has 15 heavy (non-hydrogen) atoms. The average Bonchev–Trinajstić information content (AvgIpc) is 2.22. The van der Waals surface area contributed by atoms with Crippen LogP contribution in [-0.2, 0) is 4.74 Å². The normalized spacial score (nSPS) is 9.80. The van der Waals surface area contributed by atoms with Crippen molar-refractivity contribution in [2.75, 3.05) is 19.5 Å². The second-order valence-corrected chi connectivity index (χ2v) is 3.56. The average molecular weight is 274 g/mol. The minimum Gasteiger partial charge on any atom is -0.495 e. The van der Waals surface area contributed by atoms with Gasteiger partial charge in [-0.3, -0.25) is 0 Å². The SMILES string of the molecule is CCOC(=O)c1ccc(N)c(Br)c1OC. The largest absolute Gasteiger partial charge is 0.495 e. The van der Waals surface area contributed by atoms with Crippen LogP contribution in [-0.4, -0.2) is 19.7 Å². The van der Waals surface area contributed by atoms with Gasteiger partial charge in [-0.2, -0.15) is 0 Å². The molecule has 0 heterocycles. The van der Waals surface area contributed by atoms with Gasteiger partial charge in [0.15, 0.2) is 0 Å². The molecule has 0 aromatic heterocycles. The molecule has 0 aliphatic carbocycles. The first kappa shape index (κ1) is 11.8. The number of carbonyl (C=O) groups is 1. The number of methoxy groups -OCH3 is 1. The van der Waals surface area contributed by atoms with E-state index in [2.05, 4.69) is 15.9 Å². The number of nitrogen functional groups attached to an aromatic ring is 1. The predicted molar refractivity (Wildman–Crippen MR) is 61.1 cm³/mol. The first-order valence-electron chi connectivity index (χ1n) is 4.40. The van der Waals surface area contributed by atoms with Gasteiger partial charge in [0.1, 0.15) is 11.3 Å². The molecule has 0 fully saturated rings. The zero-order valence-electron chi connectivity index (χ0n) is 8.54. The quantitative estimate of drug-likeness (QED) is 0.678. The smallest absolute Gasteiger partial charge is 0.341 e. The summed E-state index contributed by atoms with van der Waals surface area (Å²) in [5.41, 5.74) is 6.54. The summed E-state index contributed by atoms with van der Waals surface area (Å²) in [7, 11) is 1.47. The number of hydrogen-bond acceptors (Lipinski definition) is 4. The highest BCUT2D eigenvalue weighted by atomic mass is 79.9. The molecular formula is C10H12BrNO3. The highest BCUT2D eigenvalue weighted by molar-refractivity contribution is 9.10. The molecule has 4 nitrogen and oxygen atoms in total. The Labute approximate surface area is 96.5 Å². The highest BCUT2D eigenvalue weighted by Crippen LogP contribution is 2.34. The Kier molecular flexibility index (Phi) is 3.96. The Balaban J connectivity index is 3.18. The van der Waals surface area contributed by atoms with Gasteiger partial charge in [-0.1, -0.05) is 0 Å². The zero-order valence-corrected chi connectivity index (χ0v) is 10.1. The van der Waals surface area contributed by atoms with Crippen LogP contribution >= 0.6 is 15.9 Å². The van der Waals surface area contributed by atoms with E-state index in [0.717, 1.165) is 0 Å². The Hall–Kier alpha value is -1.23. The lowest BCUT2D eigenvalue weighted by molar-refractivity contribution is 0.0522. The molecule has 1 rings (SSSR count). The second kappa shape index (κ2) is 5.02. The van der Waals surface area contributed by atoms with Gasteiger partial charge in [0.2, 0.25) is 0 Å². The fourth-order valence-electron chi connectivity index (χ4n) is 1.14. The lowest BCUT2D eigenvalue weighted by Crippen LogP contribution is -2.07. The fourth-order valence-corrected chi connectivity index (χ4v) is 1.65.